The Bertz CT molecular complexity index is 1280. The third kappa shape index (κ3) is 49.2. The predicted octanol–water partition coefficient (Wildman–Crippen LogP) is 16.4. The van der Waals surface area contributed by atoms with Gasteiger partial charge in [-0.25, -0.2) is 0 Å². The first-order valence-corrected chi connectivity index (χ1v) is 30.3. The molecule has 0 rings (SSSR count). The van der Waals surface area contributed by atoms with Crippen LogP contribution in [0.5, 0.6) is 0 Å². The van der Waals surface area contributed by atoms with Crippen LogP contribution in [0.3, 0.4) is 0 Å². The highest BCUT2D eigenvalue weighted by molar-refractivity contribution is 5.86. The van der Waals surface area contributed by atoms with Gasteiger partial charge in [0.25, 0.3) is 0 Å². The standard InChI is InChI=1S/C62H112N2O9/c1-4-7-10-13-16-19-22-25-28-31-34-37-40-43-46-49-58(67)71-53-62(64-61(70)56(63)52-57(65)66,54-72-59(68)50-47-44-41-38-35-32-29-26-23-20-17-14-11-8-5-2)55-73-60(69)51-48-45-42-39-36-33-30-27-24-21-18-15-12-9-6-3/h25-30,56H,4-24,31-55,63H2,1-3H3,(H,64,70)(H,65,66)/b28-25-,29-26-,30-27-. The molecule has 0 aliphatic rings. The minimum atomic E-state index is -1.68. The van der Waals surface area contributed by atoms with E-state index in [-0.39, 0.29) is 19.3 Å². The normalized spacial score (nSPS) is 12.3. The van der Waals surface area contributed by atoms with Crippen LogP contribution >= 0.6 is 0 Å². The monoisotopic (exact) mass is 1030 g/mol. The largest absolute Gasteiger partial charge is 0.481 e. The molecule has 0 saturated heterocycles. The number of hydrogen-bond donors (Lipinski definition) is 3. The van der Waals surface area contributed by atoms with E-state index in [2.05, 4.69) is 62.5 Å². The summed E-state index contributed by atoms with van der Waals surface area (Å²) in [6, 6.07) is -1.44. The van der Waals surface area contributed by atoms with Crippen molar-refractivity contribution in [1.82, 2.24) is 5.32 Å². The zero-order chi connectivity index (χ0) is 53.6. The van der Waals surface area contributed by atoms with Gasteiger partial charge in [0.05, 0.1) is 12.5 Å². The number of amides is 1. The molecule has 0 aliphatic carbocycles. The van der Waals surface area contributed by atoms with Gasteiger partial charge in [0.2, 0.25) is 5.91 Å². The van der Waals surface area contributed by atoms with Crippen molar-refractivity contribution in [2.45, 2.75) is 308 Å². The first kappa shape index (κ1) is 69.5. The van der Waals surface area contributed by atoms with Crippen molar-refractivity contribution in [3.8, 4) is 0 Å². The van der Waals surface area contributed by atoms with Crippen molar-refractivity contribution in [3.05, 3.63) is 36.5 Å². The summed E-state index contributed by atoms with van der Waals surface area (Å²) in [5, 5.41) is 12.1. The third-order valence-corrected chi connectivity index (χ3v) is 13.6. The van der Waals surface area contributed by atoms with Gasteiger partial charge in [0, 0.05) is 19.3 Å². The van der Waals surface area contributed by atoms with Gasteiger partial charge in [-0.1, -0.05) is 211 Å². The smallest absolute Gasteiger partial charge is 0.305 e. The number of hydrogen-bond acceptors (Lipinski definition) is 9. The molecule has 0 aromatic rings. The Morgan fingerprint density at radius 1 is 0.397 bits per heavy atom. The lowest BCUT2D eigenvalue weighted by Crippen LogP contribution is -2.62. The lowest BCUT2D eigenvalue weighted by atomic mass is 10.0. The molecule has 0 aromatic heterocycles. The second-order valence-corrected chi connectivity index (χ2v) is 21.0. The summed E-state index contributed by atoms with van der Waals surface area (Å²) in [7, 11) is 0. The number of unbranched alkanes of at least 4 members (excludes halogenated alkanes) is 33. The van der Waals surface area contributed by atoms with E-state index < -0.39 is 67.6 Å². The Hall–Kier alpha value is -3.47. The van der Waals surface area contributed by atoms with E-state index in [4.69, 9.17) is 19.9 Å². The van der Waals surface area contributed by atoms with E-state index in [1.54, 1.807) is 0 Å². The van der Waals surface area contributed by atoms with Gasteiger partial charge in [-0.15, -0.1) is 0 Å². The molecule has 0 aromatic carbocycles. The number of nitrogens with two attached hydrogens (primary N) is 1. The molecular formula is C62H112N2O9. The maximum atomic E-state index is 13.4. The zero-order valence-electron chi connectivity index (χ0n) is 47.4. The van der Waals surface area contributed by atoms with Gasteiger partial charge in [-0.3, -0.25) is 24.0 Å². The second-order valence-electron chi connectivity index (χ2n) is 21.0. The van der Waals surface area contributed by atoms with Crippen molar-refractivity contribution in [3.63, 3.8) is 0 Å². The summed E-state index contributed by atoms with van der Waals surface area (Å²) in [6.07, 6.45) is 57.8. The molecule has 73 heavy (non-hydrogen) atoms. The number of carbonyl (C=O) groups is 5. The number of esters is 3. The van der Waals surface area contributed by atoms with Crippen LogP contribution in [0.2, 0.25) is 0 Å². The summed E-state index contributed by atoms with van der Waals surface area (Å²) in [5.41, 5.74) is 4.30. The number of carbonyl (C=O) groups excluding carboxylic acids is 4. The number of ether oxygens (including phenoxy) is 3. The van der Waals surface area contributed by atoms with Crippen molar-refractivity contribution in [1.29, 1.82) is 0 Å². The molecule has 0 heterocycles. The van der Waals surface area contributed by atoms with Crippen LogP contribution < -0.4 is 11.1 Å². The van der Waals surface area contributed by atoms with E-state index >= 15 is 0 Å². The molecule has 424 valence electrons. The number of nitrogens with one attached hydrogen (secondary N) is 1. The first-order valence-electron chi connectivity index (χ1n) is 30.3. The van der Waals surface area contributed by atoms with E-state index in [1.807, 2.05) is 0 Å². The lowest BCUT2D eigenvalue weighted by molar-refractivity contribution is -0.159. The number of carboxylic acids is 1. The number of carboxylic acid groups (broad SMARTS) is 1. The molecule has 11 nitrogen and oxygen atoms in total. The van der Waals surface area contributed by atoms with Crippen LogP contribution in [0.15, 0.2) is 36.5 Å². The average Bonchev–Trinajstić information content (AvgIpc) is 3.37. The minimum absolute atomic E-state index is 0.158. The number of rotatable bonds is 55. The first-order chi connectivity index (χ1) is 35.6. The van der Waals surface area contributed by atoms with Crippen molar-refractivity contribution >= 4 is 29.8 Å². The van der Waals surface area contributed by atoms with E-state index in [9.17, 15) is 29.1 Å². The molecule has 1 atom stereocenters. The Balaban J connectivity index is 5.28. The van der Waals surface area contributed by atoms with Crippen LogP contribution in [0, 0.1) is 0 Å². The number of allylic oxidation sites excluding steroid dienone is 6. The maximum absolute atomic E-state index is 13.4. The Kier molecular flexibility index (Phi) is 50.8. The van der Waals surface area contributed by atoms with Crippen molar-refractivity contribution in [2.24, 2.45) is 5.73 Å². The molecule has 1 unspecified atom stereocenters. The zero-order valence-corrected chi connectivity index (χ0v) is 47.4. The van der Waals surface area contributed by atoms with Crippen LogP contribution in [-0.4, -0.2) is 66.3 Å². The molecule has 1 amide bonds. The van der Waals surface area contributed by atoms with Crippen LogP contribution in [0.4, 0.5) is 0 Å². The fourth-order valence-corrected chi connectivity index (χ4v) is 8.76. The molecule has 11 heteroatoms. The van der Waals surface area contributed by atoms with Gasteiger partial charge in [-0.2, -0.15) is 0 Å². The maximum Gasteiger partial charge on any atom is 0.305 e. The molecule has 0 saturated carbocycles. The van der Waals surface area contributed by atoms with E-state index in [1.165, 1.54) is 116 Å². The second kappa shape index (κ2) is 53.4. The Morgan fingerprint density at radius 2 is 0.630 bits per heavy atom. The molecule has 0 fully saturated rings. The average molecular weight is 1030 g/mol. The van der Waals surface area contributed by atoms with E-state index in [0.29, 0.717) is 19.3 Å². The van der Waals surface area contributed by atoms with Gasteiger partial charge >= 0.3 is 23.9 Å². The fraction of sp³-hybridized carbons (Fsp3) is 0.823. The summed E-state index contributed by atoms with van der Waals surface area (Å²) < 4.78 is 17.2. The summed E-state index contributed by atoms with van der Waals surface area (Å²) in [4.78, 5) is 64.3. The molecular weight excluding hydrogens is 917 g/mol. The minimum Gasteiger partial charge on any atom is -0.481 e. The van der Waals surface area contributed by atoms with Crippen LogP contribution in [-0.2, 0) is 38.2 Å². The SMILES string of the molecule is CCCCCCCC/C=C\CCCCCCCC(=O)OCC(COC(=O)CCCCCCC/C=C\CCCCCCCC)(COC(=O)CCCCCCC/C=C\CCCCCCCC)NC(=O)C(N)CC(=O)O. The summed E-state index contributed by atoms with van der Waals surface area (Å²) in [5.74, 6) is -3.60. The number of aliphatic carboxylic acids is 1. The topological polar surface area (TPSA) is 171 Å². The third-order valence-electron chi connectivity index (χ3n) is 13.6. The summed E-state index contributed by atoms with van der Waals surface area (Å²) in [6.45, 7) is 5.36. The molecule has 4 N–H and O–H groups in total. The van der Waals surface area contributed by atoms with Gasteiger partial charge in [0.15, 0.2) is 0 Å². The molecule has 0 aliphatic heterocycles. The van der Waals surface area contributed by atoms with Crippen molar-refractivity contribution in [2.75, 3.05) is 19.8 Å². The highest BCUT2D eigenvalue weighted by Gasteiger charge is 2.39. The fourth-order valence-electron chi connectivity index (χ4n) is 8.76. The predicted molar refractivity (Wildman–Crippen MR) is 302 cm³/mol. The van der Waals surface area contributed by atoms with Gasteiger partial charge in [-0.05, 0) is 96.3 Å². The van der Waals surface area contributed by atoms with E-state index in [0.717, 1.165) is 116 Å². The molecule has 0 bridgehead atoms. The molecule has 0 spiro atoms. The van der Waals surface area contributed by atoms with Crippen molar-refractivity contribution < 1.29 is 43.3 Å². The summed E-state index contributed by atoms with van der Waals surface area (Å²) >= 11 is 0. The highest BCUT2D eigenvalue weighted by Crippen LogP contribution is 2.17. The van der Waals surface area contributed by atoms with Crippen LogP contribution in [0.1, 0.15) is 297 Å². The lowest BCUT2D eigenvalue weighted by Gasteiger charge is -2.34. The highest BCUT2D eigenvalue weighted by atomic mass is 16.6. The van der Waals surface area contributed by atoms with Crippen LogP contribution in [0.25, 0.3) is 0 Å². The molecule has 0 radical (unpaired) electrons. The van der Waals surface area contributed by atoms with Gasteiger partial charge in [0.1, 0.15) is 25.4 Å². The quantitative estimate of drug-likeness (QED) is 0.0230. The Labute approximate surface area is 447 Å². The Morgan fingerprint density at radius 3 is 0.877 bits per heavy atom. The van der Waals surface area contributed by atoms with Gasteiger partial charge < -0.3 is 30.4 Å².